The number of benzene rings is 2. The largest absolute Gasteiger partial charge is 0.492 e. The number of thiazole rings is 1. The number of fused-ring (bicyclic) bond motifs is 1. The lowest BCUT2D eigenvalue weighted by atomic mass is 9.96. The average molecular weight is 408 g/mol. The quantitative estimate of drug-likeness (QED) is 0.641. The SMILES string of the molecule is CCOC(=O)c1sc(NC(=O)C2COc3ccccc3C2)nc1-c1ccccc1. The molecule has 1 aliphatic rings. The van der Waals surface area contributed by atoms with E-state index in [-0.39, 0.29) is 18.4 Å². The van der Waals surface area contributed by atoms with Gasteiger partial charge in [0.15, 0.2) is 5.13 Å². The van der Waals surface area contributed by atoms with Crippen LogP contribution >= 0.6 is 11.3 Å². The Morgan fingerprint density at radius 2 is 1.93 bits per heavy atom. The third-order valence-electron chi connectivity index (χ3n) is 4.62. The lowest BCUT2D eigenvalue weighted by molar-refractivity contribution is -0.121. The van der Waals surface area contributed by atoms with Crippen LogP contribution in [-0.4, -0.2) is 30.1 Å². The Kier molecular flexibility index (Phi) is 5.57. The van der Waals surface area contributed by atoms with Crippen LogP contribution in [-0.2, 0) is 16.0 Å². The van der Waals surface area contributed by atoms with E-state index in [2.05, 4.69) is 10.3 Å². The minimum atomic E-state index is -0.445. The van der Waals surface area contributed by atoms with Crippen molar-refractivity contribution in [3.8, 4) is 17.0 Å². The van der Waals surface area contributed by atoms with Crippen molar-refractivity contribution < 1.29 is 19.1 Å². The summed E-state index contributed by atoms with van der Waals surface area (Å²) >= 11 is 1.12. The maximum atomic E-state index is 12.8. The Morgan fingerprint density at radius 1 is 1.17 bits per heavy atom. The molecule has 29 heavy (non-hydrogen) atoms. The summed E-state index contributed by atoms with van der Waals surface area (Å²) in [5.41, 5.74) is 2.31. The number of para-hydroxylation sites is 1. The van der Waals surface area contributed by atoms with Crippen LogP contribution in [0.4, 0.5) is 5.13 Å². The zero-order valence-electron chi connectivity index (χ0n) is 15.9. The summed E-state index contributed by atoms with van der Waals surface area (Å²) in [6.45, 7) is 2.33. The zero-order valence-corrected chi connectivity index (χ0v) is 16.7. The fraction of sp³-hybridized carbons (Fsp3) is 0.227. The maximum Gasteiger partial charge on any atom is 0.350 e. The summed E-state index contributed by atoms with van der Waals surface area (Å²) < 4.78 is 10.9. The van der Waals surface area contributed by atoms with Crippen LogP contribution in [0.5, 0.6) is 5.75 Å². The normalized spacial score (nSPS) is 15.1. The number of aromatic nitrogens is 1. The van der Waals surface area contributed by atoms with Crippen LogP contribution in [0, 0.1) is 5.92 Å². The van der Waals surface area contributed by atoms with Crippen LogP contribution in [0.2, 0.25) is 0 Å². The highest BCUT2D eigenvalue weighted by atomic mass is 32.1. The number of hydrogen-bond donors (Lipinski definition) is 1. The average Bonchev–Trinajstić information content (AvgIpc) is 3.18. The van der Waals surface area contributed by atoms with Gasteiger partial charge in [0.2, 0.25) is 5.91 Å². The Balaban J connectivity index is 1.56. The second-order valence-corrected chi connectivity index (χ2v) is 7.59. The van der Waals surface area contributed by atoms with E-state index in [4.69, 9.17) is 9.47 Å². The molecule has 3 aromatic rings. The molecule has 1 amide bonds. The molecule has 148 valence electrons. The summed E-state index contributed by atoms with van der Waals surface area (Å²) in [6, 6.07) is 17.1. The first-order valence-electron chi connectivity index (χ1n) is 9.40. The number of nitrogens with one attached hydrogen (secondary N) is 1. The van der Waals surface area contributed by atoms with E-state index in [0.29, 0.717) is 28.7 Å². The standard InChI is InChI=1S/C22H20N2O4S/c1-2-27-21(26)19-18(14-8-4-3-5-9-14)23-22(29-19)24-20(25)16-12-15-10-6-7-11-17(15)28-13-16/h3-11,16H,2,12-13H2,1H3,(H,23,24,25). The molecule has 0 radical (unpaired) electrons. The first kappa shape index (κ1) is 19.1. The molecule has 2 heterocycles. The highest BCUT2D eigenvalue weighted by Gasteiger charge is 2.28. The molecule has 6 nitrogen and oxygen atoms in total. The molecule has 0 saturated heterocycles. The molecule has 4 rings (SSSR count). The molecule has 1 atom stereocenters. The monoisotopic (exact) mass is 408 g/mol. The van der Waals surface area contributed by atoms with E-state index in [1.165, 1.54) is 0 Å². The third kappa shape index (κ3) is 4.14. The van der Waals surface area contributed by atoms with Crippen molar-refractivity contribution in [2.45, 2.75) is 13.3 Å². The van der Waals surface area contributed by atoms with Gasteiger partial charge in [-0.05, 0) is 25.0 Å². The molecule has 0 spiro atoms. The van der Waals surface area contributed by atoms with Gasteiger partial charge in [-0.1, -0.05) is 59.9 Å². The number of ether oxygens (including phenoxy) is 2. The number of anilines is 1. The van der Waals surface area contributed by atoms with Gasteiger partial charge in [-0.3, -0.25) is 4.79 Å². The van der Waals surface area contributed by atoms with Crippen molar-refractivity contribution in [1.29, 1.82) is 0 Å². The molecule has 0 aliphatic carbocycles. The fourth-order valence-corrected chi connectivity index (χ4v) is 4.09. The first-order chi connectivity index (χ1) is 14.2. The number of esters is 1. The van der Waals surface area contributed by atoms with Gasteiger partial charge < -0.3 is 14.8 Å². The number of nitrogens with zero attached hydrogens (tertiary/aromatic N) is 1. The highest BCUT2D eigenvalue weighted by Crippen LogP contribution is 2.33. The summed E-state index contributed by atoms with van der Waals surface area (Å²) in [5, 5.41) is 3.22. The Labute approximate surface area is 172 Å². The van der Waals surface area contributed by atoms with Gasteiger partial charge in [-0.15, -0.1) is 0 Å². The van der Waals surface area contributed by atoms with Crippen molar-refractivity contribution in [2.75, 3.05) is 18.5 Å². The minimum Gasteiger partial charge on any atom is -0.492 e. The number of carbonyl (C=O) groups is 2. The molecule has 0 saturated carbocycles. The van der Waals surface area contributed by atoms with E-state index in [9.17, 15) is 9.59 Å². The molecule has 1 unspecified atom stereocenters. The smallest absolute Gasteiger partial charge is 0.350 e. The maximum absolute atomic E-state index is 12.8. The molecule has 0 bridgehead atoms. The minimum absolute atomic E-state index is 0.178. The van der Waals surface area contributed by atoms with Crippen LogP contribution in [0.1, 0.15) is 22.2 Å². The Morgan fingerprint density at radius 3 is 2.72 bits per heavy atom. The first-order valence-corrected chi connectivity index (χ1v) is 10.2. The topological polar surface area (TPSA) is 77.5 Å². The van der Waals surface area contributed by atoms with Crippen molar-refractivity contribution in [1.82, 2.24) is 4.98 Å². The van der Waals surface area contributed by atoms with Gasteiger partial charge in [0, 0.05) is 5.56 Å². The molecule has 2 aromatic carbocycles. The molecular weight excluding hydrogens is 388 g/mol. The predicted molar refractivity (Wildman–Crippen MR) is 111 cm³/mol. The van der Waals surface area contributed by atoms with E-state index in [0.717, 1.165) is 28.2 Å². The van der Waals surface area contributed by atoms with E-state index in [1.807, 2.05) is 54.6 Å². The highest BCUT2D eigenvalue weighted by molar-refractivity contribution is 7.18. The lowest BCUT2D eigenvalue weighted by Gasteiger charge is -2.24. The van der Waals surface area contributed by atoms with Crippen molar-refractivity contribution in [2.24, 2.45) is 5.92 Å². The second kappa shape index (κ2) is 8.45. The summed E-state index contributed by atoms with van der Waals surface area (Å²) in [5.74, 6) is -0.121. The van der Waals surface area contributed by atoms with Gasteiger partial charge in [-0.2, -0.15) is 0 Å². The molecule has 7 heteroatoms. The van der Waals surface area contributed by atoms with Crippen molar-refractivity contribution >= 4 is 28.3 Å². The molecule has 1 aliphatic heterocycles. The van der Waals surface area contributed by atoms with Gasteiger partial charge in [-0.25, -0.2) is 9.78 Å². The summed E-state index contributed by atoms with van der Waals surface area (Å²) in [7, 11) is 0. The summed E-state index contributed by atoms with van der Waals surface area (Å²) in [6.07, 6.45) is 0.601. The van der Waals surface area contributed by atoms with E-state index >= 15 is 0 Å². The fourth-order valence-electron chi connectivity index (χ4n) is 3.20. The van der Waals surface area contributed by atoms with Crippen LogP contribution in [0.3, 0.4) is 0 Å². The number of rotatable bonds is 5. The predicted octanol–water partition coefficient (Wildman–Crippen LogP) is 4.18. The summed E-state index contributed by atoms with van der Waals surface area (Å²) in [4.78, 5) is 30.1. The molecular formula is C22H20N2O4S. The van der Waals surface area contributed by atoms with Gasteiger partial charge in [0.05, 0.1) is 18.2 Å². The Bertz CT molecular complexity index is 1030. The van der Waals surface area contributed by atoms with E-state index in [1.54, 1.807) is 6.92 Å². The van der Waals surface area contributed by atoms with Crippen LogP contribution in [0.25, 0.3) is 11.3 Å². The number of carbonyl (C=O) groups excluding carboxylic acids is 2. The van der Waals surface area contributed by atoms with Gasteiger partial charge >= 0.3 is 5.97 Å². The Hall–Kier alpha value is -3.19. The molecule has 0 fully saturated rings. The van der Waals surface area contributed by atoms with E-state index < -0.39 is 5.97 Å². The van der Waals surface area contributed by atoms with Crippen LogP contribution < -0.4 is 10.1 Å². The van der Waals surface area contributed by atoms with Gasteiger partial charge in [0.1, 0.15) is 17.2 Å². The zero-order chi connectivity index (χ0) is 20.2. The van der Waals surface area contributed by atoms with Crippen LogP contribution in [0.15, 0.2) is 54.6 Å². The molecule has 1 N–H and O–H groups in total. The third-order valence-corrected chi connectivity index (χ3v) is 5.57. The van der Waals surface area contributed by atoms with Crippen molar-refractivity contribution in [3.05, 3.63) is 65.0 Å². The van der Waals surface area contributed by atoms with Crippen molar-refractivity contribution in [3.63, 3.8) is 0 Å². The number of amides is 1. The molecule has 1 aromatic heterocycles. The van der Waals surface area contributed by atoms with Gasteiger partial charge in [0.25, 0.3) is 0 Å². The second-order valence-electron chi connectivity index (χ2n) is 6.59. The number of hydrogen-bond acceptors (Lipinski definition) is 6. The lowest BCUT2D eigenvalue weighted by Crippen LogP contribution is -2.32.